The van der Waals surface area contributed by atoms with Gasteiger partial charge < -0.3 is 24.8 Å². The van der Waals surface area contributed by atoms with Gasteiger partial charge in [-0.3, -0.25) is 0 Å². The molecule has 1 aromatic heterocycles. The van der Waals surface area contributed by atoms with Crippen molar-refractivity contribution in [3.63, 3.8) is 0 Å². The van der Waals surface area contributed by atoms with Gasteiger partial charge in [-0.2, -0.15) is 4.37 Å². The Morgan fingerprint density at radius 2 is 2.19 bits per heavy atom. The first-order valence-corrected chi connectivity index (χ1v) is 8.12. The molecule has 2 heterocycles. The topological polar surface area (TPSA) is 66.8 Å². The third kappa shape index (κ3) is 5.43. The van der Waals surface area contributed by atoms with Crippen LogP contribution >= 0.6 is 11.5 Å². The second-order valence-electron chi connectivity index (χ2n) is 6.20. The molecule has 0 saturated carbocycles. The fourth-order valence-electron chi connectivity index (χ4n) is 1.99. The van der Waals surface area contributed by atoms with Crippen molar-refractivity contribution in [3.8, 4) is 5.88 Å². The molecule has 1 fully saturated rings. The first-order chi connectivity index (χ1) is 9.96. The molecule has 1 atom stereocenters. The Balaban J connectivity index is 1.82. The highest BCUT2D eigenvalue weighted by atomic mass is 32.1. The largest absolute Gasteiger partial charge is 0.473 e. The fraction of sp³-hybridized carbons (Fsp3) is 0.786. The summed E-state index contributed by atoms with van der Waals surface area (Å²) in [5.74, 6) is 0.608. The molecule has 0 bridgehead atoms. The third-order valence-electron chi connectivity index (χ3n) is 3.15. The van der Waals surface area contributed by atoms with Crippen molar-refractivity contribution >= 4 is 17.2 Å². The van der Waals surface area contributed by atoms with E-state index >= 15 is 0 Å². The Kier molecular flexibility index (Phi) is 5.80. The van der Waals surface area contributed by atoms with Gasteiger partial charge in [-0.05, 0) is 32.3 Å². The van der Waals surface area contributed by atoms with Crippen LogP contribution < -0.4 is 15.0 Å². The standard InChI is InChI=1S/C14H25N3O3S/c1-14(2,3)15-8-11(18)9-20-13-12(10-21-16-13)17-4-6-19-7-5-17/h10-11,15,18H,4-9H2,1-3H3/t11-/m1/s1. The first kappa shape index (κ1) is 16.5. The maximum atomic E-state index is 9.97. The number of aliphatic hydroxyl groups is 1. The van der Waals surface area contributed by atoms with Crippen molar-refractivity contribution < 1.29 is 14.6 Å². The molecule has 2 rings (SSSR count). The van der Waals surface area contributed by atoms with E-state index in [0.717, 1.165) is 32.0 Å². The summed E-state index contributed by atoms with van der Waals surface area (Å²) in [5, 5.41) is 15.2. The van der Waals surface area contributed by atoms with E-state index in [-0.39, 0.29) is 12.1 Å². The Labute approximate surface area is 130 Å². The Bertz CT molecular complexity index is 427. The van der Waals surface area contributed by atoms with E-state index in [2.05, 4.69) is 35.4 Å². The number of nitrogens with zero attached hydrogens (tertiary/aromatic N) is 2. The van der Waals surface area contributed by atoms with Crippen LogP contribution in [-0.4, -0.2) is 60.6 Å². The van der Waals surface area contributed by atoms with Crippen LogP contribution in [0, 0.1) is 0 Å². The van der Waals surface area contributed by atoms with Gasteiger partial charge in [0.25, 0.3) is 0 Å². The zero-order chi connectivity index (χ0) is 15.3. The highest BCUT2D eigenvalue weighted by molar-refractivity contribution is 7.04. The van der Waals surface area contributed by atoms with E-state index in [9.17, 15) is 5.11 Å². The van der Waals surface area contributed by atoms with E-state index in [0.29, 0.717) is 12.4 Å². The van der Waals surface area contributed by atoms with E-state index in [1.807, 2.05) is 5.38 Å². The molecule has 6 nitrogen and oxygen atoms in total. The molecule has 0 aromatic carbocycles. The molecule has 2 N–H and O–H groups in total. The summed E-state index contributed by atoms with van der Waals surface area (Å²) >= 11 is 1.37. The maximum absolute atomic E-state index is 9.97. The predicted molar refractivity (Wildman–Crippen MR) is 84.4 cm³/mol. The van der Waals surface area contributed by atoms with Crippen molar-refractivity contribution in [3.05, 3.63) is 5.38 Å². The summed E-state index contributed by atoms with van der Waals surface area (Å²) in [6.07, 6.45) is -0.552. The van der Waals surface area contributed by atoms with Gasteiger partial charge >= 0.3 is 0 Å². The van der Waals surface area contributed by atoms with Crippen molar-refractivity contribution in [2.45, 2.75) is 32.4 Å². The van der Waals surface area contributed by atoms with Gasteiger partial charge in [-0.15, -0.1) is 0 Å². The number of rotatable bonds is 6. The number of hydrogen-bond donors (Lipinski definition) is 2. The fourth-order valence-corrected chi connectivity index (χ4v) is 2.64. The van der Waals surface area contributed by atoms with Gasteiger partial charge in [-0.25, -0.2) is 0 Å². The number of morpholine rings is 1. The molecule has 120 valence electrons. The van der Waals surface area contributed by atoms with Gasteiger partial charge in [0, 0.05) is 30.6 Å². The number of β-amino-alcohol motifs (C(OH)–C–C–N with tert-alkyl or cyclic N) is 1. The molecule has 0 amide bonds. The minimum absolute atomic E-state index is 0.0133. The summed E-state index contributed by atoms with van der Waals surface area (Å²) < 4.78 is 15.3. The highest BCUT2D eigenvalue weighted by Gasteiger charge is 2.19. The van der Waals surface area contributed by atoms with Crippen LogP contribution in [0.1, 0.15) is 20.8 Å². The smallest absolute Gasteiger partial charge is 0.249 e. The minimum Gasteiger partial charge on any atom is -0.473 e. The lowest BCUT2D eigenvalue weighted by Crippen LogP contribution is -2.42. The molecule has 1 aliphatic heterocycles. The average molecular weight is 315 g/mol. The lowest BCUT2D eigenvalue weighted by Gasteiger charge is -2.28. The second-order valence-corrected chi connectivity index (χ2v) is 6.83. The molecular formula is C14H25N3O3S. The van der Waals surface area contributed by atoms with Crippen LogP contribution in [-0.2, 0) is 4.74 Å². The van der Waals surface area contributed by atoms with E-state index in [4.69, 9.17) is 9.47 Å². The summed E-state index contributed by atoms with van der Waals surface area (Å²) in [4.78, 5) is 2.21. The molecule has 1 aromatic rings. The van der Waals surface area contributed by atoms with E-state index in [1.165, 1.54) is 11.5 Å². The molecule has 1 aliphatic rings. The monoisotopic (exact) mass is 315 g/mol. The number of ether oxygens (including phenoxy) is 2. The van der Waals surface area contributed by atoms with Gasteiger partial charge in [0.15, 0.2) is 0 Å². The number of aromatic nitrogens is 1. The van der Waals surface area contributed by atoms with Crippen LogP contribution in [0.3, 0.4) is 0 Å². The maximum Gasteiger partial charge on any atom is 0.249 e. The summed E-state index contributed by atoms with van der Waals surface area (Å²) in [5.41, 5.74) is 0.986. The minimum atomic E-state index is -0.552. The van der Waals surface area contributed by atoms with Crippen molar-refractivity contribution in [2.75, 3.05) is 44.4 Å². The number of aliphatic hydroxyl groups excluding tert-OH is 1. The molecule has 0 aliphatic carbocycles. The third-order valence-corrected chi connectivity index (χ3v) is 3.75. The molecule has 0 radical (unpaired) electrons. The number of nitrogens with one attached hydrogen (secondary N) is 1. The van der Waals surface area contributed by atoms with Crippen LogP contribution in [0.15, 0.2) is 5.38 Å². The number of anilines is 1. The second kappa shape index (κ2) is 7.40. The van der Waals surface area contributed by atoms with Gasteiger partial charge in [0.1, 0.15) is 18.4 Å². The SMILES string of the molecule is CC(C)(C)NC[C@@H](O)COc1nscc1N1CCOCC1. The van der Waals surface area contributed by atoms with Crippen molar-refractivity contribution in [2.24, 2.45) is 0 Å². The highest BCUT2D eigenvalue weighted by Crippen LogP contribution is 2.29. The van der Waals surface area contributed by atoms with Gasteiger partial charge in [-0.1, -0.05) is 0 Å². The normalized spacial score (nSPS) is 17.8. The predicted octanol–water partition coefficient (Wildman–Crippen LogP) is 1.11. The average Bonchev–Trinajstić information content (AvgIpc) is 2.91. The van der Waals surface area contributed by atoms with E-state index < -0.39 is 6.10 Å². The summed E-state index contributed by atoms with van der Waals surface area (Å²) in [7, 11) is 0. The number of hydrogen-bond acceptors (Lipinski definition) is 7. The molecule has 1 saturated heterocycles. The van der Waals surface area contributed by atoms with Gasteiger partial charge in [0.2, 0.25) is 5.88 Å². The van der Waals surface area contributed by atoms with Crippen LogP contribution in [0.25, 0.3) is 0 Å². The van der Waals surface area contributed by atoms with Crippen LogP contribution in [0.5, 0.6) is 5.88 Å². The van der Waals surface area contributed by atoms with Crippen molar-refractivity contribution in [1.82, 2.24) is 9.69 Å². The van der Waals surface area contributed by atoms with E-state index in [1.54, 1.807) is 0 Å². The molecule has 0 spiro atoms. The molecule has 0 unspecified atom stereocenters. The summed E-state index contributed by atoms with van der Waals surface area (Å²) in [6.45, 7) is 10.1. The van der Waals surface area contributed by atoms with Crippen LogP contribution in [0.4, 0.5) is 5.69 Å². The Hall–Kier alpha value is -0.890. The lowest BCUT2D eigenvalue weighted by atomic mass is 10.1. The van der Waals surface area contributed by atoms with Crippen LogP contribution in [0.2, 0.25) is 0 Å². The molecular weight excluding hydrogens is 290 g/mol. The molecule has 7 heteroatoms. The Morgan fingerprint density at radius 3 is 2.86 bits per heavy atom. The Morgan fingerprint density at radius 1 is 1.48 bits per heavy atom. The quantitative estimate of drug-likeness (QED) is 0.820. The zero-order valence-electron chi connectivity index (χ0n) is 13.0. The first-order valence-electron chi connectivity index (χ1n) is 7.29. The van der Waals surface area contributed by atoms with Gasteiger partial charge in [0.05, 0.1) is 13.2 Å². The summed E-state index contributed by atoms with van der Waals surface area (Å²) in [6, 6.07) is 0. The van der Waals surface area contributed by atoms with Crippen molar-refractivity contribution in [1.29, 1.82) is 0 Å². The molecule has 21 heavy (non-hydrogen) atoms. The lowest BCUT2D eigenvalue weighted by molar-refractivity contribution is 0.0976. The zero-order valence-corrected chi connectivity index (χ0v) is 13.8.